The Balaban J connectivity index is 1.69. The van der Waals surface area contributed by atoms with E-state index in [0.717, 1.165) is 24.5 Å². The predicted molar refractivity (Wildman–Crippen MR) is 77.7 cm³/mol. The van der Waals surface area contributed by atoms with Crippen molar-refractivity contribution in [3.8, 4) is 0 Å². The fraction of sp³-hybridized carbons (Fsp3) is 0.857. The predicted octanol–water partition coefficient (Wildman–Crippen LogP) is 0.793. The zero-order valence-electron chi connectivity index (χ0n) is 11.6. The highest BCUT2D eigenvalue weighted by molar-refractivity contribution is 7.99. The van der Waals surface area contributed by atoms with Crippen LogP contribution in [0, 0.1) is 11.8 Å². The third-order valence-corrected chi connectivity index (χ3v) is 6.02. The number of amides is 1. The van der Waals surface area contributed by atoms with Gasteiger partial charge in [0, 0.05) is 18.1 Å². The summed E-state index contributed by atoms with van der Waals surface area (Å²) in [7, 11) is 0. The summed E-state index contributed by atoms with van der Waals surface area (Å²) in [6.07, 6.45) is 3.67. The van der Waals surface area contributed by atoms with Crippen molar-refractivity contribution in [2.75, 3.05) is 24.6 Å². The summed E-state index contributed by atoms with van der Waals surface area (Å²) in [5.74, 6) is 2.13. The second-order valence-electron chi connectivity index (χ2n) is 6.10. The first kappa shape index (κ1) is 14.2. The molecule has 2 saturated heterocycles. The average molecular weight is 298 g/mol. The van der Waals surface area contributed by atoms with Gasteiger partial charge in [0.1, 0.15) is 0 Å². The summed E-state index contributed by atoms with van der Waals surface area (Å²) >= 11 is 1.75. The van der Waals surface area contributed by atoms with Crippen molar-refractivity contribution in [3.05, 3.63) is 0 Å². The number of nitrogens with one attached hydrogen (secondary N) is 1. The molecule has 3 rings (SSSR count). The highest BCUT2D eigenvalue weighted by Gasteiger charge is 2.45. The van der Waals surface area contributed by atoms with Gasteiger partial charge in [0.15, 0.2) is 0 Å². The van der Waals surface area contributed by atoms with Crippen molar-refractivity contribution in [3.63, 3.8) is 0 Å². The monoisotopic (exact) mass is 298 g/mol. The topological polar surface area (TPSA) is 69.6 Å². The van der Waals surface area contributed by atoms with Crippen LogP contribution in [0.1, 0.15) is 25.7 Å². The molecule has 1 aliphatic carbocycles. The van der Waals surface area contributed by atoms with E-state index in [1.807, 2.05) is 4.90 Å². The lowest BCUT2D eigenvalue weighted by molar-refractivity contribution is -0.141. The van der Waals surface area contributed by atoms with Crippen molar-refractivity contribution >= 4 is 23.6 Å². The summed E-state index contributed by atoms with van der Waals surface area (Å²) < 4.78 is 0. The highest BCUT2D eigenvalue weighted by Crippen LogP contribution is 2.38. The van der Waals surface area contributed by atoms with Crippen LogP contribution in [0.4, 0.5) is 0 Å². The van der Waals surface area contributed by atoms with Crippen molar-refractivity contribution in [1.82, 2.24) is 10.2 Å². The first-order valence-corrected chi connectivity index (χ1v) is 8.65. The lowest BCUT2D eigenvalue weighted by Gasteiger charge is -2.37. The number of hydrogen-bond acceptors (Lipinski definition) is 4. The van der Waals surface area contributed by atoms with Crippen LogP contribution in [0.15, 0.2) is 0 Å². The van der Waals surface area contributed by atoms with Crippen molar-refractivity contribution in [2.24, 2.45) is 11.8 Å². The van der Waals surface area contributed by atoms with Crippen LogP contribution in [0.3, 0.4) is 0 Å². The molecule has 0 aromatic heterocycles. The van der Waals surface area contributed by atoms with E-state index in [9.17, 15) is 9.59 Å². The molecule has 6 heteroatoms. The minimum atomic E-state index is -0.812. The van der Waals surface area contributed by atoms with Crippen molar-refractivity contribution in [1.29, 1.82) is 0 Å². The first-order chi connectivity index (χ1) is 9.66. The van der Waals surface area contributed by atoms with Crippen LogP contribution in [0.2, 0.25) is 0 Å². The molecule has 2 heterocycles. The average Bonchev–Trinajstić information content (AvgIpc) is 3.00. The molecule has 20 heavy (non-hydrogen) atoms. The number of carbonyl (C=O) groups is 2. The Morgan fingerprint density at radius 3 is 3.00 bits per heavy atom. The SMILES string of the molecule is O=C(O)CC1CSCCN1C(=O)C1NCC2CCCC21. The van der Waals surface area contributed by atoms with Gasteiger partial charge in [0.25, 0.3) is 0 Å². The van der Waals surface area contributed by atoms with Crippen molar-refractivity contribution in [2.45, 2.75) is 37.8 Å². The molecule has 5 nitrogen and oxygen atoms in total. The molecular formula is C14H22N2O3S. The molecule has 3 fully saturated rings. The first-order valence-electron chi connectivity index (χ1n) is 7.50. The second kappa shape index (κ2) is 5.93. The molecule has 3 aliphatic rings. The summed E-state index contributed by atoms with van der Waals surface area (Å²) in [6.45, 7) is 1.64. The van der Waals surface area contributed by atoms with Gasteiger partial charge in [-0.25, -0.2) is 0 Å². The lowest BCUT2D eigenvalue weighted by atomic mass is 9.93. The Morgan fingerprint density at radius 1 is 1.35 bits per heavy atom. The van der Waals surface area contributed by atoms with E-state index in [4.69, 9.17) is 5.11 Å². The minimum Gasteiger partial charge on any atom is -0.481 e. The molecule has 0 aromatic rings. The summed E-state index contributed by atoms with van der Waals surface area (Å²) in [4.78, 5) is 25.6. The number of aliphatic carboxylic acids is 1. The Kier molecular flexibility index (Phi) is 4.21. The van der Waals surface area contributed by atoms with Crippen LogP contribution in [0.5, 0.6) is 0 Å². The molecule has 2 N–H and O–H groups in total. The fourth-order valence-corrected chi connectivity index (χ4v) is 5.01. The molecule has 2 aliphatic heterocycles. The van der Waals surface area contributed by atoms with E-state index < -0.39 is 5.97 Å². The van der Waals surface area contributed by atoms with E-state index in [1.165, 1.54) is 12.8 Å². The normalized spacial score (nSPS) is 36.9. The van der Waals surface area contributed by atoms with Gasteiger partial charge in [-0.3, -0.25) is 9.59 Å². The Bertz CT molecular complexity index is 404. The van der Waals surface area contributed by atoms with E-state index >= 15 is 0 Å². The van der Waals surface area contributed by atoms with Crippen molar-refractivity contribution < 1.29 is 14.7 Å². The van der Waals surface area contributed by atoms with Gasteiger partial charge in [-0.2, -0.15) is 11.8 Å². The molecule has 0 radical (unpaired) electrons. The van der Waals surface area contributed by atoms with E-state index in [0.29, 0.717) is 18.4 Å². The van der Waals surface area contributed by atoms with Crippen LogP contribution in [-0.4, -0.2) is 58.6 Å². The van der Waals surface area contributed by atoms with Gasteiger partial charge in [0.05, 0.1) is 18.5 Å². The number of nitrogens with zero attached hydrogens (tertiary/aromatic N) is 1. The summed E-state index contributed by atoms with van der Waals surface area (Å²) in [5.41, 5.74) is 0. The number of fused-ring (bicyclic) bond motifs is 1. The van der Waals surface area contributed by atoms with E-state index in [2.05, 4.69) is 5.32 Å². The van der Waals surface area contributed by atoms with E-state index in [-0.39, 0.29) is 24.4 Å². The largest absolute Gasteiger partial charge is 0.481 e. The molecular weight excluding hydrogens is 276 g/mol. The standard InChI is InChI=1S/C14H22N2O3S/c17-12(18)6-10-8-20-5-4-16(10)14(19)13-11-3-1-2-9(11)7-15-13/h9-11,13,15H,1-8H2,(H,17,18). The third-order valence-electron chi connectivity index (χ3n) is 4.93. The van der Waals surface area contributed by atoms with E-state index in [1.54, 1.807) is 11.8 Å². The third kappa shape index (κ3) is 2.68. The van der Waals surface area contributed by atoms with Crippen LogP contribution in [-0.2, 0) is 9.59 Å². The maximum atomic E-state index is 12.8. The van der Waals surface area contributed by atoms with Gasteiger partial charge in [-0.05, 0) is 31.2 Å². The van der Waals surface area contributed by atoms with Crippen LogP contribution >= 0.6 is 11.8 Å². The van der Waals surface area contributed by atoms with Crippen LogP contribution in [0.25, 0.3) is 0 Å². The quantitative estimate of drug-likeness (QED) is 0.806. The van der Waals surface area contributed by atoms with Gasteiger partial charge in [-0.15, -0.1) is 0 Å². The zero-order valence-corrected chi connectivity index (χ0v) is 12.4. The fourth-order valence-electron chi connectivity index (χ4n) is 3.95. The van der Waals surface area contributed by atoms with Gasteiger partial charge in [-0.1, -0.05) is 6.42 Å². The number of rotatable bonds is 3. The molecule has 0 aromatic carbocycles. The molecule has 4 atom stereocenters. The van der Waals surface area contributed by atoms with Gasteiger partial charge >= 0.3 is 5.97 Å². The number of carboxylic acid groups (broad SMARTS) is 1. The second-order valence-corrected chi connectivity index (χ2v) is 7.25. The molecule has 4 unspecified atom stereocenters. The zero-order chi connectivity index (χ0) is 14.1. The maximum Gasteiger partial charge on any atom is 0.305 e. The Hall–Kier alpha value is -0.750. The Morgan fingerprint density at radius 2 is 2.20 bits per heavy atom. The lowest BCUT2D eigenvalue weighted by Crippen LogP contribution is -2.54. The molecule has 1 amide bonds. The number of hydrogen-bond donors (Lipinski definition) is 2. The van der Waals surface area contributed by atoms with Gasteiger partial charge < -0.3 is 15.3 Å². The smallest absolute Gasteiger partial charge is 0.305 e. The molecule has 112 valence electrons. The summed E-state index contributed by atoms with van der Waals surface area (Å²) in [6, 6.07) is -0.206. The highest BCUT2D eigenvalue weighted by atomic mass is 32.2. The minimum absolute atomic E-state index is 0.0677. The molecule has 0 spiro atoms. The molecule has 1 saturated carbocycles. The van der Waals surface area contributed by atoms with Gasteiger partial charge in [0.2, 0.25) is 5.91 Å². The molecule has 0 bridgehead atoms. The number of carboxylic acids is 1. The number of thioether (sulfide) groups is 1. The maximum absolute atomic E-state index is 12.8. The van der Waals surface area contributed by atoms with Crippen LogP contribution < -0.4 is 5.32 Å². The number of carbonyl (C=O) groups excluding carboxylic acids is 1. The summed E-state index contributed by atoms with van der Waals surface area (Å²) in [5, 5.41) is 12.4. The Labute approximate surface area is 123 Å².